The van der Waals surface area contributed by atoms with E-state index in [0.29, 0.717) is 12.3 Å². The van der Waals surface area contributed by atoms with Crippen LogP contribution >= 0.6 is 0 Å². The Morgan fingerprint density at radius 3 is 2.84 bits per heavy atom. The van der Waals surface area contributed by atoms with Gasteiger partial charge in [-0.25, -0.2) is 4.98 Å². The minimum absolute atomic E-state index is 0.0707. The summed E-state index contributed by atoms with van der Waals surface area (Å²) in [7, 11) is 0. The van der Waals surface area contributed by atoms with Crippen LogP contribution in [-0.2, 0) is 25.5 Å². The van der Waals surface area contributed by atoms with E-state index in [-0.39, 0.29) is 24.3 Å². The van der Waals surface area contributed by atoms with Gasteiger partial charge in [0.1, 0.15) is 23.7 Å². The third-order valence-electron chi connectivity index (χ3n) is 6.69. The summed E-state index contributed by atoms with van der Waals surface area (Å²) in [5.41, 5.74) is 2.41. The van der Waals surface area contributed by atoms with E-state index in [2.05, 4.69) is 27.5 Å². The maximum atomic E-state index is 12.1. The van der Waals surface area contributed by atoms with Crippen LogP contribution in [0.25, 0.3) is 11.3 Å². The zero-order valence-electron chi connectivity index (χ0n) is 21.0. The van der Waals surface area contributed by atoms with Gasteiger partial charge in [-0.3, -0.25) is 4.79 Å². The lowest BCUT2D eigenvalue weighted by Crippen LogP contribution is -2.32. The van der Waals surface area contributed by atoms with Crippen molar-refractivity contribution in [1.29, 1.82) is 0 Å². The fourth-order valence-corrected chi connectivity index (χ4v) is 4.61. The van der Waals surface area contributed by atoms with Gasteiger partial charge in [-0.2, -0.15) is 0 Å². The highest BCUT2D eigenvalue weighted by Gasteiger charge is 2.23. The van der Waals surface area contributed by atoms with Gasteiger partial charge in [0.15, 0.2) is 12.1 Å². The average molecular weight is 505 g/mol. The SMILES string of the molecule is C[C@H](OC1CCCCO1)c1nccn1Cc1cc(-c2ccc(C#COC(=O)C3CCNCC3)cc2)on1. The number of benzene rings is 1. The Labute approximate surface area is 216 Å². The summed E-state index contributed by atoms with van der Waals surface area (Å²) in [6, 6.07) is 9.46. The molecule has 194 valence electrons. The number of ether oxygens (including phenoxy) is 3. The maximum Gasteiger partial charge on any atom is 0.322 e. The van der Waals surface area contributed by atoms with Crippen molar-refractivity contribution >= 4 is 5.97 Å². The monoisotopic (exact) mass is 504 g/mol. The number of carbonyl (C=O) groups excluding carboxylic acids is 1. The predicted octanol–water partition coefficient (Wildman–Crippen LogP) is 4.04. The van der Waals surface area contributed by atoms with Crippen molar-refractivity contribution < 1.29 is 23.5 Å². The summed E-state index contributed by atoms with van der Waals surface area (Å²) in [4.78, 5) is 16.6. The largest absolute Gasteiger partial charge is 0.372 e. The highest BCUT2D eigenvalue weighted by atomic mass is 16.7. The van der Waals surface area contributed by atoms with E-state index in [4.69, 9.17) is 18.7 Å². The minimum Gasteiger partial charge on any atom is -0.372 e. The molecule has 9 nitrogen and oxygen atoms in total. The molecule has 2 aliphatic rings. The number of hydrogen-bond acceptors (Lipinski definition) is 8. The molecule has 0 bridgehead atoms. The molecule has 1 aromatic carbocycles. The van der Waals surface area contributed by atoms with E-state index in [1.165, 1.54) is 0 Å². The second-order valence-electron chi connectivity index (χ2n) is 9.42. The van der Waals surface area contributed by atoms with Crippen LogP contribution in [0.4, 0.5) is 0 Å². The summed E-state index contributed by atoms with van der Waals surface area (Å²) >= 11 is 0. The fraction of sp³-hybridized carbons (Fsp3) is 0.464. The van der Waals surface area contributed by atoms with Gasteiger partial charge in [-0.05, 0) is 82.3 Å². The van der Waals surface area contributed by atoms with E-state index in [1.807, 2.05) is 48.0 Å². The zero-order chi connectivity index (χ0) is 25.5. The number of aromatic nitrogens is 3. The zero-order valence-corrected chi connectivity index (χ0v) is 21.0. The molecule has 2 saturated heterocycles. The molecule has 0 radical (unpaired) electrons. The first-order chi connectivity index (χ1) is 18.2. The van der Waals surface area contributed by atoms with Crippen molar-refractivity contribution in [2.24, 2.45) is 5.92 Å². The molecular formula is C28H32N4O5. The number of imidazole rings is 1. The Morgan fingerprint density at radius 1 is 1.22 bits per heavy atom. The molecule has 0 amide bonds. The van der Waals surface area contributed by atoms with Gasteiger partial charge in [0.25, 0.3) is 0 Å². The van der Waals surface area contributed by atoms with Gasteiger partial charge in [-0.15, -0.1) is 0 Å². The second kappa shape index (κ2) is 12.2. The van der Waals surface area contributed by atoms with Gasteiger partial charge in [0.05, 0.1) is 12.5 Å². The number of nitrogens with one attached hydrogen (secondary N) is 1. The molecule has 3 aromatic rings. The first-order valence-electron chi connectivity index (χ1n) is 12.9. The molecule has 9 heteroatoms. The summed E-state index contributed by atoms with van der Waals surface area (Å²) in [5, 5.41) is 7.47. The molecule has 2 aliphatic heterocycles. The topological polar surface area (TPSA) is 101 Å². The quantitative estimate of drug-likeness (QED) is 0.380. The summed E-state index contributed by atoms with van der Waals surface area (Å²) < 4.78 is 24.5. The Morgan fingerprint density at radius 2 is 2.05 bits per heavy atom. The van der Waals surface area contributed by atoms with Crippen LogP contribution in [-0.4, -0.2) is 46.7 Å². The number of esters is 1. The maximum absolute atomic E-state index is 12.1. The first-order valence-corrected chi connectivity index (χ1v) is 12.9. The summed E-state index contributed by atoms with van der Waals surface area (Å²) in [6.07, 6.45) is 10.5. The van der Waals surface area contributed by atoms with E-state index in [0.717, 1.165) is 74.4 Å². The first kappa shape index (κ1) is 25.2. The number of nitrogens with zero attached hydrogens (tertiary/aromatic N) is 3. The minimum atomic E-state index is -0.246. The third-order valence-corrected chi connectivity index (χ3v) is 6.69. The van der Waals surface area contributed by atoms with Crippen molar-refractivity contribution in [3.8, 4) is 23.4 Å². The highest BCUT2D eigenvalue weighted by Crippen LogP contribution is 2.25. The van der Waals surface area contributed by atoms with E-state index >= 15 is 0 Å². The van der Waals surface area contributed by atoms with Crippen LogP contribution in [0, 0.1) is 17.9 Å². The van der Waals surface area contributed by atoms with Gasteiger partial charge < -0.3 is 28.6 Å². The molecule has 2 aromatic heterocycles. The number of piperidine rings is 1. The van der Waals surface area contributed by atoms with E-state index in [9.17, 15) is 4.79 Å². The lowest BCUT2D eigenvalue weighted by molar-refractivity contribution is -0.188. The molecule has 2 atom stereocenters. The van der Waals surface area contributed by atoms with Gasteiger partial charge >= 0.3 is 5.97 Å². The molecule has 37 heavy (non-hydrogen) atoms. The smallest absolute Gasteiger partial charge is 0.322 e. The third kappa shape index (κ3) is 6.66. The van der Waals surface area contributed by atoms with E-state index < -0.39 is 0 Å². The van der Waals surface area contributed by atoms with Crippen LogP contribution in [0.1, 0.15) is 62.2 Å². The standard InChI is InChI=1S/C28H32N4O5/c1-20(36-26-4-2-3-16-34-26)27-30-14-15-32(27)19-24-18-25(37-31-24)22-7-5-21(6-8-22)11-17-35-28(33)23-9-12-29-13-10-23/h5-8,14-15,18,20,23,26,29H,2-4,9-10,12-13,16,19H2,1H3/t20-,26?/m0/s1. The predicted molar refractivity (Wildman–Crippen MR) is 135 cm³/mol. The Balaban J connectivity index is 1.17. The lowest BCUT2D eigenvalue weighted by atomic mass is 9.99. The Kier molecular flexibility index (Phi) is 8.31. The average Bonchev–Trinajstić information content (AvgIpc) is 3.60. The fourth-order valence-electron chi connectivity index (χ4n) is 4.61. The van der Waals surface area contributed by atoms with Gasteiger partial charge in [0, 0.05) is 36.2 Å². The molecule has 0 spiro atoms. The van der Waals surface area contributed by atoms with Gasteiger partial charge in [-0.1, -0.05) is 5.16 Å². The molecular weight excluding hydrogens is 472 g/mol. The van der Waals surface area contributed by atoms with E-state index in [1.54, 1.807) is 6.20 Å². The Hall–Kier alpha value is -3.45. The van der Waals surface area contributed by atoms with Crippen LogP contribution < -0.4 is 5.32 Å². The number of rotatable bonds is 7. The highest BCUT2D eigenvalue weighted by molar-refractivity contribution is 5.73. The molecule has 1 unspecified atom stereocenters. The molecule has 0 saturated carbocycles. The molecule has 2 fully saturated rings. The molecule has 5 rings (SSSR count). The molecule has 4 heterocycles. The summed E-state index contributed by atoms with van der Waals surface area (Å²) in [5.74, 6) is 4.05. The van der Waals surface area contributed by atoms with Crippen molar-refractivity contribution in [2.75, 3.05) is 19.7 Å². The van der Waals surface area contributed by atoms with Crippen molar-refractivity contribution in [3.63, 3.8) is 0 Å². The van der Waals surface area contributed by atoms with Crippen LogP contribution in [0.15, 0.2) is 47.2 Å². The van der Waals surface area contributed by atoms with Crippen LogP contribution in [0.3, 0.4) is 0 Å². The normalized spacial score (nSPS) is 19.1. The van der Waals surface area contributed by atoms with Crippen molar-refractivity contribution in [3.05, 3.63) is 59.8 Å². The second-order valence-corrected chi connectivity index (χ2v) is 9.42. The Bertz CT molecular complexity index is 1230. The molecule has 0 aliphatic carbocycles. The van der Waals surface area contributed by atoms with Crippen molar-refractivity contribution in [2.45, 2.75) is 58.0 Å². The van der Waals surface area contributed by atoms with Crippen LogP contribution in [0.2, 0.25) is 0 Å². The van der Waals surface area contributed by atoms with Crippen molar-refractivity contribution in [1.82, 2.24) is 20.0 Å². The molecule has 1 N–H and O–H groups in total. The number of hydrogen-bond donors (Lipinski definition) is 1. The van der Waals surface area contributed by atoms with Crippen LogP contribution in [0.5, 0.6) is 0 Å². The number of carbonyl (C=O) groups is 1. The van der Waals surface area contributed by atoms with Gasteiger partial charge in [0.2, 0.25) is 0 Å². The summed E-state index contributed by atoms with van der Waals surface area (Å²) in [6.45, 7) is 4.93. The lowest BCUT2D eigenvalue weighted by Gasteiger charge is -2.26.